The van der Waals surface area contributed by atoms with Crippen molar-refractivity contribution in [1.82, 2.24) is 0 Å². The van der Waals surface area contributed by atoms with Crippen LogP contribution in [0.2, 0.25) is 0 Å². The van der Waals surface area contributed by atoms with Gasteiger partial charge in [0.15, 0.2) is 6.29 Å². The molecule has 1 aliphatic carbocycles. The van der Waals surface area contributed by atoms with Crippen LogP contribution in [0.1, 0.15) is 38.5 Å². The molecule has 0 N–H and O–H groups in total. The van der Waals surface area contributed by atoms with Gasteiger partial charge in [-0.25, -0.2) is 0 Å². The molecule has 0 bridgehead atoms. The standard InChI is InChI=1S/C11H18O2/c1(4-10-6-7-10)2-8-12-11-5-3-9-13-11/h4,11H,1-3,5-9H2. The van der Waals surface area contributed by atoms with E-state index in [0.29, 0.717) is 0 Å². The highest BCUT2D eigenvalue weighted by molar-refractivity contribution is 5.15. The molecule has 0 radical (unpaired) electrons. The van der Waals surface area contributed by atoms with E-state index in [1.807, 2.05) is 0 Å². The molecule has 1 saturated heterocycles. The fraction of sp³-hybridized carbons (Fsp3) is 0.818. The lowest BCUT2D eigenvalue weighted by Crippen LogP contribution is -2.10. The molecule has 0 spiro atoms. The Kier molecular flexibility index (Phi) is 3.39. The van der Waals surface area contributed by atoms with Gasteiger partial charge in [0.25, 0.3) is 0 Å². The quantitative estimate of drug-likeness (QED) is 0.480. The molecule has 74 valence electrons. The van der Waals surface area contributed by atoms with Gasteiger partial charge >= 0.3 is 0 Å². The van der Waals surface area contributed by atoms with Gasteiger partial charge in [-0.1, -0.05) is 11.6 Å². The van der Waals surface area contributed by atoms with E-state index in [9.17, 15) is 0 Å². The number of allylic oxidation sites excluding steroid dienone is 2. The van der Waals surface area contributed by atoms with Gasteiger partial charge in [-0.05, 0) is 32.1 Å². The van der Waals surface area contributed by atoms with Crippen molar-refractivity contribution in [2.45, 2.75) is 44.8 Å². The summed E-state index contributed by atoms with van der Waals surface area (Å²) in [7, 11) is 0. The fourth-order valence-corrected chi connectivity index (χ4v) is 1.56. The van der Waals surface area contributed by atoms with Gasteiger partial charge in [0.2, 0.25) is 0 Å². The van der Waals surface area contributed by atoms with Crippen molar-refractivity contribution in [2.75, 3.05) is 13.2 Å². The number of unbranched alkanes of at least 4 members (excludes halogenated alkanes) is 1. The van der Waals surface area contributed by atoms with Crippen LogP contribution >= 0.6 is 0 Å². The molecule has 2 fully saturated rings. The van der Waals surface area contributed by atoms with E-state index in [1.54, 1.807) is 5.57 Å². The Labute approximate surface area is 79.9 Å². The molecule has 0 aromatic heterocycles. The molecule has 1 atom stereocenters. The van der Waals surface area contributed by atoms with Gasteiger partial charge in [-0.3, -0.25) is 0 Å². The molecule has 0 aromatic rings. The fourth-order valence-electron chi connectivity index (χ4n) is 1.56. The highest BCUT2D eigenvalue weighted by Gasteiger charge is 2.15. The van der Waals surface area contributed by atoms with Crippen molar-refractivity contribution >= 4 is 0 Å². The minimum atomic E-state index is 0.105. The molecule has 0 amide bonds. The summed E-state index contributed by atoms with van der Waals surface area (Å²) in [4.78, 5) is 0. The molecule has 1 heterocycles. The smallest absolute Gasteiger partial charge is 0.157 e. The van der Waals surface area contributed by atoms with Gasteiger partial charge in [0.1, 0.15) is 0 Å². The molecule has 1 saturated carbocycles. The minimum Gasteiger partial charge on any atom is -0.353 e. The van der Waals surface area contributed by atoms with Crippen LogP contribution in [-0.4, -0.2) is 19.5 Å². The first kappa shape index (κ1) is 9.22. The van der Waals surface area contributed by atoms with Crippen LogP contribution < -0.4 is 0 Å². The van der Waals surface area contributed by atoms with Gasteiger partial charge in [-0.15, -0.1) is 0 Å². The van der Waals surface area contributed by atoms with E-state index in [1.165, 1.54) is 19.3 Å². The maximum atomic E-state index is 5.55. The predicted octanol–water partition coefficient (Wildman–Crippen LogP) is 2.64. The number of hydrogen-bond donors (Lipinski definition) is 0. The van der Waals surface area contributed by atoms with Crippen molar-refractivity contribution in [2.24, 2.45) is 0 Å². The molecule has 1 unspecified atom stereocenters. The van der Waals surface area contributed by atoms with Crippen molar-refractivity contribution in [3.63, 3.8) is 0 Å². The van der Waals surface area contributed by atoms with Crippen LogP contribution in [0, 0.1) is 0 Å². The minimum absolute atomic E-state index is 0.105. The lowest BCUT2D eigenvalue weighted by Gasteiger charge is -2.09. The van der Waals surface area contributed by atoms with Gasteiger partial charge in [0.05, 0.1) is 6.61 Å². The Bertz CT molecular complexity index is 175. The van der Waals surface area contributed by atoms with E-state index in [4.69, 9.17) is 9.47 Å². The third-order valence-electron chi connectivity index (χ3n) is 2.51. The van der Waals surface area contributed by atoms with Crippen molar-refractivity contribution in [1.29, 1.82) is 0 Å². The molecular formula is C11H18O2. The van der Waals surface area contributed by atoms with E-state index in [0.717, 1.165) is 32.5 Å². The summed E-state index contributed by atoms with van der Waals surface area (Å²) in [6.07, 6.45) is 9.72. The van der Waals surface area contributed by atoms with Crippen molar-refractivity contribution in [3.05, 3.63) is 11.6 Å². The van der Waals surface area contributed by atoms with E-state index < -0.39 is 0 Å². The Morgan fingerprint density at radius 3 is 3.08 bits per heavy atom. The van der Waals surface area contributed by atoms with Crippen LogP contribution in [0.25, 0.3) is 0 Å². The summed E-state index contributed by atoms with van der Waals surface area (Å²) in [5.41, 5.74) is 1.64. The average Bonchev–Trinajstić information content (AvgIpc) is 2.81. The largest absolute Gasteiger partial charge is 0.353 e. The van der Waals surface area contributed by atoms with Crippen molar-refractivity contribution in [3.8, 4) is 0 Å². The summed E-state index contributed by atoms with van der Waals surface area (Å²) in [6, 6.07) is 0. The molecule has 0 aromatic carbocycles. The second kappa shape index (κ2) is 4.77. The highest BCUT2D eigenvalue weighted by Crippen LogP contribution is 2.28. The van der Waals surface area contributed by atoms with Gasteiger partial charge in [0, 0.05) is 13.0 Å². The molecule has 1 aliphatic heterocycles. The number of ether oxygens (including phenoxy) is 2. The normalized spacial score (nSPS) is 26.5. The lowest BCUT2D eigenvalue weighted by molar-refractivity contribution is -0.111. The number of rotatable bonds is 5. The maximum Gasteiger partial charge on any atom is 0.157 e. The zero-order valence-electron chi connectivity index (χ0n) is 8.13. The Hall–Kier alpha value is -0.340. The summed E-state index contributed by atoms with van der Waals surface area (Å²) >= 11 is 0. The van der Waals surface area contributed by atoms with E-state index in [2.05, 4.69) is 6.08 Å². The van der Waals surface area contributed by atoms with Crippen molar-refractivity contribution < 1.29 is 9.47 Å². The summed E-state index contributed by atoms with van der Waals surface area (Å²) < 4.78 is 10.9. The lowest BCUT2D eigenvalue weighted by atomic mass is 10.3. The molecule has 2 nitrogen and oxygen atoms in total. The zero-order valence-corrected chi connectivity index (χ0v) is 8.13. The maximum absolute atomic E-state index is 5.55. The monoisotopic (exact) mass is 182 g/mol. The predicted molar refractivity (Wildman–Crippen MR) is 51.5 cm³/mol. The Morgan fingerprint density at radius 1 is 1.46 bits per heavy atom. The first-order valence-corrected chi connectivity index (χ1v) is 5.36. The molecule has 2 aliphatic rings. The highest BCUT2D eigenvalue weighted by atomic mass is 16.7. The summed E-state index contributed by atoms with van der Waals surface area (Å²) in [5.74, 6) is 0. The van der Waals surface area contributed by atoms with Crippen LogP contribution in [-0.2, 0) is 9.47 Å². The van der Waals surface area contributed by atoms with E-state index in [-0.39, 0.29) is 6.29 Å². The van der Waals surface area contributed by atoms with Crippen LogP contribution in [0.4, 0.5) is 0 Å². The topological polar surface area (TPSA) is 18.5 Å². The molecular weight excluding hydrogens is 164 g/mol. The second-order valence-corrected chi connectivity index (χ2v) is 3.82. The van der Waals surface area contributed by atoms with E-state index >= 15 is 0 Å². The van der Waals surface area contributed by atoms with Gasteiger partial charge in [-0.2, -0.15) is 0 Å². The SMILES string of the molecule is C(CCCOC1CCCO1)=C1CC1. The summed E-state index contributed by atoms with van der Waals surface area (Å²) in [6.45, 7) is 1.74. The summed E-state index contributed by atoms with van der Waals surface area (Å²) in [5, 5.41) is 0. The molecule has 2 rings (SSSR count). The van der Waals surface area contributed by atoms with Crippen LogP contribution in [0.3, 0.4) is 0 Å². The molecule has 13 heavy (non-hydrogen) atoms. The third-order valence-corrected chi connectivity index (χ3v) is 2.51. The first-order valence-electron chi connectivity index (χ1n) is 5.36. The Balaban J connectivity index is 1.46. The van der Waals surface area contributed by atoms with Crippen LogP contribution in [0.15, 0.2) is 11.6 Å². The average molecular weight is 182 g/mol. The third kappa shape index (κ3) is 3.49. The van der Waals surface area contributed by atoms with Gasteiger partial charge < -0.3 is 9.47 Å². The zero-order chi connectivity index (χ0) is 8.93. The first-order chi connectivity index (χ1) is 6.45. The number of hydrogen-bond acceptors (Lipinski definition) is 2. The molecule has 2 heteroatoms. The Morgan fingerprint density at radius 2 is 2.38 bits per heavy atom. The van der Waals surface area contributed by atoms with Crippen LogP contribution in [0.5, 0.6) is 0 Å². The second-order valence-electron chi connectivity index (χ2n) is 3.82.